The summed E-state index contributed by atoms with van der Waals surface area (Å²) in [4.78, 5) is 25.4. The number of carbonyl (C=O) groups is 2. The molecule has 5 heteroatoms. The standard InChI is InChI=1S/C16H21NO4/c1-3-21-10-12-6-7-17(9-12)16(20)13-4-5-14(11(2)18)15(19)8-13/h4-5,8,12,19H,3,6-7,9-10H2,1-2H3. The molecular formula is C16H21NO4. The summed E-state index contributed by atoms with van der Waals surface area (Å²) < 4.78 is 5.40. The molecule has 1 heterocycles. The molecular weight excluding hydrogens is 270 g/mol. The van der Waals surface area contributed by atoms with Crippen molar-refractivity contribution in [3.63, 3.8) is 0 Å². The maximum Gasteiger partial charge on any atom is 0.253 e. The fourth-order valence-corrected chi connectivity index (χ4v) is 2.58. The predicted octanol–water partition coefficient (Wildman–Crippen LogP) is 2.09. The second-order valence-corrected chi connectivity index (χ2v) is 5.35. The van der Waals surface area contributed by atoms with E-state index in [0.29, 0.717) is 37.8 Å². The van der Waals surface area contributed by atoms with E-state index in [1.807, 2.05) is 6.92 Å². The summed E-state index contributed by atoms with van der Waals surface area (Å²) >= 11 is 0. The Kier molecular flexibility index (Phi) is 4.96. The lowest BCUT2D eigenvalue weighted by Crippen LogP contribution is -2.29. The van der Waals surface area contributed by atoms with Gasteiger partial charge in [-0.15, -0.1) is 0 Å². The molecule has 1 aromatic rings. The topological polar surface area (TPSA) is 66.8 Å². The number of likely N-dealkylation sites (tertiary alicyclic amines) is 1. The van der Waals surface area contributed by atoms with Gasteiger partial charge < -0.3 is 14.7 Å². The summed E-state index contributed by atoms with van der Waals surface area (Å²) in [5.74, 6) is -0.0961. The molecule has 0 spiro atoms. The Bertz CT molecular complexity index is 541. The first-order chi connectivity index (χ1) is 10.0. The summed E-state index contributed by atoms with van der Waals surface area (Å²) in [6.07, 6.45) is 0.934. The highest BCUT2D eigenvalue weighted by molar-refractivity contribution is 6.00. The third kappa shape index (κ3) is 3.61. The molecule has 0 aromatic heterocycles. The number of rotatable bonds is 5. The van der Waals surface area contributed by atoms with E-state index in [-0.39, 0.29) is 23.0 Å². The smallest absolute Gasteiger partial charge is 0.253 e. The summed E-state index contributed by atoms with van der Waals surface area (Å²) in [5.41, 5.74) is 0.650. The third-order valence-electron chi connectivity index (χ3n) is 3.75. The van der Waals surface area contributed by atoms with E-state index in [2.05, 4.69) is 0 Å². The van der Waals surface area contributed by atoms with Gasteiger partial charge in [0.05, 0.1) is 12.2 Å². The number of amides is 1. The maximum atomic E-state index is 12.4. The molecule has 0 bridgehead atoms. The Hall–Kier alpha value is -1.88. The molecule has 114 valence electrons. The molecule has 1 atom stereocenters. The van der Waals surface area contributed by atoms with Crippen LogP contribution in [0.25, 0.3) is 0 Å². The molecule has 1 N–H and O–H groups in total. The quantitative estimate of drug-likeness (QED) is 0.844. The van der Waals surface area contributed by atoms with Crippen molar-refractivity contribution in [2.75, 3.05) is 26.3 Å². The molecule has 1 aliphatic rings. The Morgan fingerprint density at radius 1 is 1.43 bits per heavy atom. The zero-order valence-corrected chi connectivity index (χ0v) is 12.5. The Morgan fingerprint density at radius 2 is 2.19 bits per heavy atom. The number of Topliss-reactive ketones (excluding diaryl/α,β-unsaturated/α-hetero) is 1. The van der Waals surface area contributed by atoms with Crippen LogP contribution in [-0.4, -0.2) is 48.0 Å². The summed E-state index contributed by atoms with van der Waals surface area (Å²) in [6, 6.07) is 4.46. The van der Waals surface area contributed by atoms with Crippen LogP contribution in [0.3, 0.4) is 0 Å². The van der Waals surface area contributed by atoms with Crippen molar-refractivity contribution in [1.82, 2.24) is 4.90 Å². The van der Waals surface area contributed by atoms with Gasteiger partial charge in [0.2, 0.25) is 0 Å². The van der Waals surface area contributed by atoms with Gasteiger partial charge in [-0.25, -0.2) is 0 Å². The van der Waals surface area contributed by atoms with Crippen molar-refractivity contribution in [2.45, 2.75) is 20.3 Å². The van der Waals surface area contributed by atoms with Crippen LogP contribution in [0, 0.1) is 5.92 Å². The van der Waals surface area contributed by atoms with Crippen molar-refractivity contribution >= 4 is 11.7 Å². The molecule has 21 heavy (non-hydrogen) atoms. The van der Waals surface area contributed by atoms with Gasteiger partial charge in [-0.2, -0.15) is 0 Å². The van der Waals surface area contributed by atoms with Crippen LogP contribution in [0.4, 0.5) is 0 Å². The SMILES string of the molecule is CCOCC1CCN(C(=O)c2ccc(C(C)=O)c(O)c2)C1. The fraction of sp³-hybridized carbons (Fsp3) is 0.500. The summed E-state index contributed by atoms with van der Waals surface area (Å²) in [6.45, 7) is 6.08. The van der Waals surface area contributed by atoms with Crippen LogP contribution < -0.4 is 0 Å². The van der Waals surface area contributed by atoms with E-state index < -0.39 is 0 Å². The molecule has 5 nitrogen and oxygen atoms in total. The number of hydrogen-bond acceptors (Lipinski definition) is 4. The van der Waals surface area contributed by atoms with Crippen LogP contribution in [0.2, 0.25) is 0 Å². The van der Waals surface area contributed by atoms with E-state index in [9.17, 15) is 14.7 Å². The molecule has 1 aromatic carbocycles. The predicted molar refractivity (Wildman–Crippen MR) is 78.6 cm³/mol. The first-order valence-corrected chi connectivity index (χ1v) is 7.24. The van der Waals surface area contributed by atoms with Gasteiger partial charge in [0.15, 0.2) is 5.78 Å². The minimum atomic E-state index is -0.218. The molecule has 2 rings (SSSR count). The normalized spacial score (nSPS) is 18.0. The number of phenols is 1. The minimum absolute atomic E-state index is 0.112. The van der Waals surface area contributed by atoms with E-state index in [1.165, 1.54) is 19.1 Å². The van der Waals surface area contributed by atoms with Crippen LogP contribution in [-0.2, 0) is 4.74 Å². The monoisotopic (exact) mass is 291 g/mol. The highest BCUT2D eigenvalue weighted by atomic mass is 16.5. The Balaban J connectivity index is 2.04. The van der Waals surface area contributed by atoms with Crippen LogP contribution in [0.15, 0.2) is 18.2 Å². The maximum absolute atomic E-state index is 12.4. The third-order valence-corrected chi connectivity index (χ3v) is 3.75. The summed E-state index contributed by atoms with van der Waals surface area (Å²) in [7, 11) is 0. The first kappa shape index (κ1) is 15.5. The highest BCUT2D eigenvalue weighted by Crippen LogP contribution is 2.23. The van der Waals surface area contributed by atoms with Crippen LogP contribution in [0.1, 0.15) is 41.0 Å². The van der Waals surface area contributed by atoms with Crippen molar-refractivity contribution in [3.05, 3.63) is 29.3 Å². The van der Waals surface area contributed by atoms with Crippen molar-refractivity contribution in [2.24, 2.45) is 5.92 Å². The van der Waals surface area contributed by atoms with Gasteiger partial charge in [0.1, 0.15) is 5.75 Å². The second-order valence-electron chi connectivity index (χ2n) is 5.35. The summed E-state index contributed by atoms with van der Waals surface area (Å²) in [5, 5.41) is 9.81. The van der Waals surface area contributed by atoms with Crippen molar-refractivity contribution in [3.8, 4) is 5.75 Å². The largest absolute Gasteiger partial charge is 0.507 e. The van der Waals surface area contributed by atoms with Crippen LogP contribution >= 0.6 is 0 Å². The first-order valence-electron chi connectivity index (χ1n) is 7.24. The molecule has 1 saturated heterocycles. The van der Waals surface area contributed by atoms with E-state index >= 15 is 0 Å². The number of nitrogens with zero attached hydrogens (tertiary/aromatic N) is 1. The number of ether oxygens (including phenoxy) is 1. The molecule has 0 aliphatic carbocycles. The van der Waals surface area contributed by atoms with Crippen LogP contribution in [0.5, 0.6) is 5.75 Å². The van der Waals surface area contributed by atoms with Gasteiger partial charge in [-0.05, 0) is 38.5 Å². The number of phenolic OH excluding ortho intramolecular Hbond substituents is 1. The molecule has 1 amide bonds. The number of aromatic hydroxyl groups is 1. The number of carbonyl (C=O) groups excluding carboxylic acids is 2. The number of ketones is 1. The number of hydrogen-bond donors (Lipinski definition) is 1. The zero-order chi connectivity index (χ0) is 15.4. The average molecular weight is 291 g/mol. The molecule has 0 saturated carbocycles. The molecule has 1 unspecified atom stereocenters. The fourth-order valence-electron chi connectivity index (χ4n) is 2.58. The molecule has 1 aliphatic heterocycles. The van der Waals surface area contributed by atoms with Gasteiger partial charge >= 0.3 is 0 Å². The lowest BCUT2D eigenvalue weighted by molar-refractivity contribution is 0.0761. The lowest BCUT2D eigenvalue weighted by Gasteiger charge is -2.17. The average Bonchev–Trinajstić information content (AvgIpc) is 2.92. The molecule has 1 fully saturated rings. The van der Waals surface area contributed by atoms with Crippen molar-refractivity contribution < 1.29 is 19.4 Å². The second kappa shape index (κ2) is 6.72. The van der Waals surface area contributed by atoms with E-state index in [0.717, 1.165) is 6.42 Å². The van der Waals surface area contributed by atoms with E-state index in [4.69, 9.17) is 4.74 Å². The number of benzene rings is 1. The van der Waals surface area contributed by atoms with Gasteiger partial charge in [0, 0.05) is 31.2 Å². The van der Waals surface area contributed by atoms with Gasteiger partial charge in [-0.1, -0.05) is 0 Å². The Morgan fingerprint density at radius 3 is 2.81 bits per heavy atom. The van der Waals surface area contributed by atoms with E-state index in [1.54, 1.807) is 11.0 Å². The lowest BCUT2D eigenvalue weighted by atomic mass is 10.1. The van der Waals surface area contributed by atoms with Crippen molar-refractivity contribution in [1.29, 1.82) is 0 Å². The highest BCUT2D eigenvalue weighted by Gasteiger charge is 2.27. The Labute approximate surface area is 124 Å². The molecule has 0 radical (unpaired) electrons. The minimum Gasteiger partial charge on any atom is -0.507 e. The van der Waals surface area contributed by atoms with Gasteiger partial charge in [0.25, 0.3) is 5.91 Å². The zero-order valence-electron chi connectivity index (χ0n) is 12.5. The van der Waals surface area contributed by atoms with Gasteiger partial charge in [-0.3, -0.25) is 9.59 Å².